The van der Waals surface area contributed by atoms with Crippen molar-refractivity contribution >= 4 is 5.97 Å². The number of ether oxygens (including phenoxy) is 2. The first-order valence-corrected chi connectivity index (χ1v) is 4.68. The molecule has 15 heavy (non-hydrogen) atoms. The standard InChI is InChI=1S/C11H14O4/c1-14-11(13)10(12)7-8-15-9-5-3-2-4-6-9/h2-6,10,12H,7-8H2,1H3/t10-/m0/s1. The first-order valence-electron chi connectivity index (χ1n) is 4.68. The van der Waals surface area contributed by atoms with Crippen molar-refractivity contribution in [3.63, 3.8) is 0 Å². The highest BCUT2D eigenvalue weighted by Gasteiger charge is 2.14. The molecule has 82 valence electrons. The molecule has 0 saturated carbocycles. The number of methoxy groups -OCH3 is 1. The van der Waals surface area contributed by atoms with Gasteiger partial charge in [-0.2, -0.15) is 0 Å². The summed E-state index contributed by atoms with van der Waals surface area (Å²) in [5, 5.41) is 9.24. The molecule has 0 radical (unpaired) electrons. The Hall–Kier alpha value is -1.55. The second-order valence-electron chi connectivity index (χ2n) is 2.99. The second kappa shape index (κ2) is 6.03. The van der Waals surface area contributed by atoms with E-state index in [1.165, 1.54) is 7.11 Å². The summed E-state index contributed by atoms with van der Waals surface area (Å²) in [6, 6.07) is 9.21. The van der Waals surface area contributed by atoms with Crippen LogP contribution in [0.5, 0.6) is 5.75 Å². The summed E-state index contributed by atoms with van der Waals surface area (Å²) < 4.78 is 9.67. The number of carbonyl (C=O) groups is 1. The van der Waals surface area contributed by atoms with Gasteiger partial charge in [-0.05, 0) is 12.1 Å². The highest BCUT2D eigenvalue weighted by molar-refractivity contribution is 5.74. The van der Waals surface area contributed by atoms with E-state index < -0.39 is 12.1 Å². The lowest BCUT2D eigenvalue weighted by Gasteiger charge is -2.09. The molecule has 0 unspecified atom stereocenters. The van der Waals surface area contributed by atoms with Crippen LogP contribution < -0.4 is 4.74 Å². The summed E-state index contributed by atoms with van der Waals surface area (Å²) in [5.74, 6) is 0.0845. The molecular formula is C11H14O4. The van der Waals surface area contributed by atoms with Crippen molar-refractivity contribution in [3.05, 3.63) is 30.3 Å². The Kier molecular flexibility index (Phi) is 4.63. The Morgan fingerprint density at radius 1 is 1.40 bits per heavy atom. The molecule has 1 rings (SSSR count). The van der Waals surface area contributed by atoms with Crippen molar-refractivity contribution in [1.29, 1.82) is 0 Å². The summed E-state index contributed by atoms with van der Waals surface area (Å²) in [7, 11) is 1.24. The number of aliphatic hydroxyl groups excluding tert-OH is 1. The van der Waals surface area contributed by atoms with Crippen LogP contribution in [0.4, 0.5) is 0 Å². The molecule has 0 spiro atoms. The van der Waals surface area contributed by atoms with E-state index in [2.05, 4.69) is 4.74 Å². The van der Waals surface area contributed by atoms with Gasteiger partial charge in [-0.25, -0.2) is 4.79 Å². The molecule has 4 heteroatoms. The topological polar surface area (TPSA) is 55.8 Å². The molecule has 1 atom stereocenters. The molecular weight excluding hydrogens is 196 g/mol. The van der Waals surface area contributed by atoms with Gasteiger partial charge in [0.25, 0.3) is 0 Å². The maximum absolute atomic E-state index is 10.8. The van der Waals surface area contributed by atoms with E-state index in [-0.39, 0.29) is 13.0 Å². The highest BCUT2D eigenvalue weighted by Crippen LogP contribution is 2.08. The summed E-state index contributed by atoms with van der Waals surface area (Å²) >= 11 is 0. The lowest BCUT2D eigenvalue weighted by atomic mass is 10.3. The third-order valence-corrected chi connectivity index (χ3v) is 1.88. The molecule has 0 bridgehead atoms. The normalized spacial score (nSPS) is 11.9. The average Bonchev–Trinajstić information content (AvgIpc) is 2.29. The minimum absolute atomic E-state index is 0.224. The van der Waals surface area contributed by atoms with Gasteiger partial charge in [-0.1, -0.05) is 18.2 Å². The first kappa shape index (κ1) is 11.5. The quantitative estimate of drug-likeness (QED) is 0.736. The number of hydrogen-bond donors (Lipinski definition) is 1. The van der Waals surface area contributed by atoms with Crippen molar-refractivity contribution in [2.75, 3.05) is 13.7 Å². The van der Waals surface area contributed by atoms with E-state index in [0.29, 0.717) is 0 Å². The number of esters is 1. The molecule has 0 fully saturated rings. The van der Waals surface area contributed by atoms with Crippen molar-refractivity contribution < 1.29 is 19.4 Å². The van der Waals surface area contributed by atoms with Gasteiger partial charge >= 0.3 is 5.97 Å². The van der Waals surface area contributed by atoms with E-state index in [1.807, 2.05) is 30.3 Å². The van der Waals surface area contributed by atoms with E-state index in [4.69, 9.17) is 4.74 Å². The fourth-order valence-corrected chi connectivity index (χ4v) is 1.06. The van der Waals surface area contributed by atoms with Gasteiger partial charge in [-0.15, -0.1) is 0 Å². The maximum atomic E-state index is 10.8. The smallest absolute Gasteiger partial charge is 0.334 e. The Morgan fingerprint density at radius 2 is 2.07 bits per heavy atom. The average molecular weight is 210 g/mol. The zero-order chi connectivity index (χ0) is 11.1. The van der Waals surface area contributed by atoms with Crippen LogP contribution in [0.25, 0.3) is 0 Å². The monoisotopic (exact) mass is 210 g/mol. The lowest BCUT2D eigenvalue weighted by Crippen LogP contribution is -2.23. The molecule has 0 aliphatic rings. The zero-order valence-corrected chi connectivity index (χ0v) is 8.55. The summed E-state index contributed by atoms with van der Waals surface area (Å²) in [5.41, 5.74) is 0. The van der Waals surface area contributed by atoms with Crippen LogP contribution in [-0.4, -0.2) is 30.9 Å². The minimum Gasteiger partial charge on any atom is -0.493 e. The van der Waals surface area contributed by atoms with E-state index >= 15 is 0 Å². The molecule has 0 amide bonds. The number of benzene rings is 1. The van der Waals surface area contributed by atoms with Gasteiger partial charge in [0, 0.05) is 6.42 Å². The van der Waals surface area contributed by atoms with Crippen molar-refractivity contribution in [2.45, 2.75) is 12.5 Å². The molecule has 0 saturated heterocycles. The largest absolute Gasteiger partial charge is 0.493 e. The lowest BCUT2D eigenvalue weighted by molar-refractivity contribution is -0.151. The first-order chi connectivity index (χ1) is 7.24. The van der Waals surface area contributed by atoms with E-state index in [0.717, 1.165) is 5.75 Å². The number of hydrogen-bond acceptors (Lipinski definition) is 4. The molecule has 4 nitrogen and oxygen atoms in total. The minimum atomic E-state index is -1.11. The molecule has 1 N–H and O–H groups in total. The highest BCUT2D eigenvalue weighted by atomic mass is 16.5. The fourth-order valence-electron chi connectivity index (χ4n) is 1.06. The SMILES string of the molecule is COC(=O)[C@@H](O)CCOc1ccccc1. The zero-order valence-electron chi connectivity index (χ0n) is 8.55. The van der Waals surface area contributed by atoms with Crippen LogP contribution in [0.1, 0.15) is 6.42 Å². The third-order valence-electron chi connectivity index (χ3n) is 1.88. The fraction of sp³-hybridized carbons (Fsp3) is 0.364. The van der Waals surface area contributed by atoms with Crippen LogP contribution >= 0.6 is 0 Å². The van der Waals surface area contributed by atoms with Crippen molar-refractivity contribution in [2.24, 2.45) is 0 Å². The number of carbonyl (C=O) groups excluding carboxylic acids is 1. The maximum Gasteiger partial charge on any atom is 0.334 e. The summed E-state index contributed by atoms with van der Waals surface area (Å²) in [6.45, 7) is 0.278. The number of para-hydroxylation sites is 1. The molecule has 1 aromatic rings. The summed E-state index contributed by atoms with van der Waals surface area (Å²) in [6.07, 6.45) is -0.889. The Morgan fingerprint density at radius 3 is 2.67 bits per heavy atom. The van der Waals surface area contributed by atoms with Gasteiger partial charge < -0.3 is 14.6 Å². The Labute approximate surface area is 88.4 Å². The molecule has 0 aromatic heterocycles. The van der Waals surface area contributed by atoms with Crippen LogP contribution in [0.3, 0.4) is 0 Å². The Bertz CT molecular complexity index is 297. The predicted octanol–water partition coefficient (Wildman–Crippen LogP) is 0.989. The van der Waals surface area contributed by atoms with Gasteiger partial charge in [0.1, 0.15) is 5.75 Å². The number of aliphatic hydroxyl groups is 1. The molecule has 0 heterocycles. The van der Waals surface area contributed by atoms with E-state index in [1.54, 1.807) is 0 Å². The van der Waals surface area contributed by atoms with Crippen LogP contribution in [0.2, 0.25) is 0 Å². The molecule has 0 aliphatic heterocycles. The van der Waals surface area contributed by atoms with Gasteiger partial charge in [0.15, 0.2) is 6.10 Å². The Balaban J connectivity index is 2.25. The number of rotatable bonds is 5. The molecule has 1 aromatic carbocycles. The van der Waals surface area contributed by atoms with Gasteiger partial charge in [-0.3, -0.25) is 0 Å². The van der Waals surface area contributed by atoms with Crippen molar-refractivity contribution in [1.82, 2.24) is 0 Å². The van der Waals surface area contributed by atoms with Crippen LogP contribution in [0.15, 0.2) is 30.3 Å². The van der Waals surface area contributed by atoms with Gasteiger partial charge in [0.2, 0.25) is 0 Å². The predicted molar refractivity (Wildman–Crippen MR) is 54.6 cm³/mol. The summed E-state index contributed by atoms with van der Waals surface area (Å²) in [4.78, 5) is 10.8. The molecule has 0 aliphatic carbocycles. The van der Waals surface area contributed by atoms with Gasteiger partial charge in [0.05, 0.1) is 13.7 Å². The van der Waals surface area contributed by atoms with Crippen LogP contribution in [0, 0.1) is 0 Å². The van der Waals surface area contributed by atoms with E-state index in [9.17, 15) is 9.90 Å². The second-order valence-corrected chi connectivity index (χ2v) is 2.99. The van der Waals surface area contributed by atoms with Crippen molar-refractivity contribution in [3.8, 4) is 5.75 Å². The third kappa shape index (κ3) is 3.99. The van der Waals surface area contributed by atoms with Crippen LogP contribution in [-0.2, 0) is 9.53 Å².